The van der Waals surface area contributed by atoms with Crippen LogP contribution in [0.3, 0.4) is 0 Å². The first-order valence-electron chi connectivity index (χ1n) is 12.3. The van der Waals surface area contributed by atoms with Crippen LogP contribution in [0.2, 0.25) is 5.02 Å². The quantitative estimate of drug-likeness (QED) is 0.554. The van der Waals surface area contributed by atoms with Crippen LogP contribution < -0.4 is 15.1 Å². The van der Waals surface area contributed by atoms with Crippen LogP contribution >= 0.6 is 11.6 Å². The Morgan fingerprint density at radius 2 is 1.74 bits per heavy atom. The summed E-state index contributed by atoms with van der Waals surface area (Å²) in [6.45, 7) is 5.71. The third kappa shape index (κ3) is 5.70. The number of nitrogens with zero attached hydrogens (tertiary/aromatic N) is 6. The van der Waals surface area contributed by atoms with Crippen molar-refractivity contribution in [3.05, 3.63) is 53.8 Å². The average Bonchev–Trinajstić information content (AvgIpc) is 2.90. The van der Waals surface area contributed by atoms with Crippen molar-refractivity contribution in [1.29, 1.82) is 0 Å². The molecule has 0 aliphatic carbocycles. The second-order valence-corrected chi connectivity index (χ2v) is 9.93. The number of anilines is 3. The molecule has 2 aromatic heterocycles. The number of hydrogen-bond acceptors (Lipinski definition) is 7. The zero-order chi connectivity index (χ0) is 24.2. The van der Waals surface area contributed by atoms with Gasteiger partial charge in [0.05, 0.1) is 11.6 Å². The van der Waals surface area contributed by atoms with Gasteiger partial charge >= 0.3 is 0 Å². The summed E-state index contributed by atoms with van der Waals surface area (Å²) in [7, 11) is 0. The van der Waals surface area contributed by atoms with Gasteiger partial charge in [-0.15, -0.1) is 10.2 Å². The van der Waals surface area contributed by atoms with E-state index in [0.29, 0.717) is 17.4 Å². The second-order valence-electron chi connectivity index (χ2n) is 9.49. The minimum absolute atomic E-state index is 0.0163. The van der Waals surface area contributed by atoms with Crippen LogP contribution in [0.15, 0.2) is 48.8 Å². The van der Waals surface area contributed by atoms with Gasteiger partial charge in [-0.3, -0.25) is 4.79 Å². The number of halogens is 1. The fourth-order valence-corrected chi connectivity index (χ4v) is 4.85. The van der Waals surface area contributed by atoms with Crippen LogP contribution in [-0.2, 0) is 4.79 Å². The number of aromatic nitrogens is 4. The van der Waals surface area contributed by atoms with E-state index in [1.807, 2.05) is 42.5 Å². The van der Waals surface area contributed by atoms with Gasteiger partial charge in [0.1, 0.15) is 18.0 Å². The number of piperidine rings is 2. The molecule has 2 aliphatic rings. The molecule has 1 N–H and O–H groups in total. The highest BCUT2D eigenvalue weighted by atomic mass is 35.5. The highest BCUT2D eigenvalue weighted by Crippen LogP contribution is 2.26. The first kappa shape index (κ1) is 23.5. The van der Waals surface area contributed by atoms with Crippen LogP contribution in [0.1, 0.15) is 32.6 Å². The number of benzene rings is 1. The fraction of sp³-hybridized carbons (Fsp3) is 0.423. The van der Waals surface area contributed by atoms with E-state index in [1.165, 1.54) is 6.33 Å². The number of carbonyl (C=O) groups excluding carboxylic acids is 1. The Kier molecular flexibility index (Phi) is 7.08. The number of amides is 1. The van der Waals surface area contributed by atoms with Crippen molar-refractivity contribution in [2.75, 3.05) is 41.3 Å². The highest BCUT2D eigenvalue weighted by Gasteiger charge is 2.27. The maximum absolute atomic E-state index is 13.1. The maximum Gasteiger partial charge on any atom is 0.230 e. The van der Waals surface area contributed by atoms with Gasteiger partial charge in [0.15, 0.2) is 5.82 Å². The zero-order valence-corrected chi connectivity index (χ0v) is 20.7. The van der Waals surface area contributed by atoms with E-state index < -0.39 is 0 Å². The Morgan fingerprint density at radius 3 is 2.49 bits per heavy atom. The van der Waals surface area contributed by atoms with E-state index in [1.54, 1.807) is 0 Å². The molecule has 0 radical (unpaired) electrons. The molecule has 0 bridgehead atoms. The van der Waals surface area contributed by atoms with Crippen molar-refractivity contribution in [3.8, 4) is 11.3 Å². The van der Waals surface area contributed by atoms with Crippen LogP contribution in [0.5, 0.6) is 0 Å². The van der Waals surface area contributed by atoms with E-state index in [4.69, 9.17) is 11.6 Å². The van der Waals surface area contributed by atoms with E-state index >= 15 is 0 Å². The molecule has 0 spiro atoms. The fourth-order valence-electron chi connectivity index (χ4n) is 4.72. The van der Waals surface area contributed by atoms with Gasteiger partial charge in [0.25, 0.3) is 0 Å². The summed E-state index contributed by atoms with van der Waals surface area (Å²) in [4.78, 5) is 26.2. The summed E-state index contributed by atoms with van der Waals surface area (Å²) in [5.41, 5.74) is 1.76. The third-order valence-electron chi connectivity index (χ3n) is 6.92. The van der Waals surface area contributed by atoms with Gasteiger partial charge in [0.2, 0.25) is 5.91 Å². The van der Waals surface area contributed by atoms with E-state index in [9.17, 15) is 4.79 Å². The molecular formula is C26H30ClN7O. The largest absolute Gasteiger partial charge is 0.356 e. The van der Waals surface area contributed by atoms with Crippen molar-refractivity contribution < 1.29 is 4.79 Å². The Hall–Kier alpha value is -3.26. The smallest absolute Gasteiger partial charge is 0.230 e. The normalized spacial score (nSPS) is 19.0. The first-order chi connectivity index (χ1) is 17.0. The van der Waals surface area contributed by atoms with Crippen molar-refractivity contribution >= 4 is 35.0 Å². The van der Waals surface area contributed by atoms with Crippen LogP contribution in [-0.4, -0.2) is 52.3 Å². The predicted octanol–water partition coefficient (Wildman–Crippen LogP) is 4.68. The summed E-state index contributed by atoms with van der Waals surface area (Å²) in [5.74, 6) is 2.81. The van der Waals surface area contributed by atoms with Gasteiger partial charge in [0, 0.05) is 42.8 Å². The van der Waals surface area contributed by atoms with Crippen molar-refractivity contribution in [1.82, 2.24) is 20.2 Å². The maximum atomic E-state index is 13.1. The van der Waals surface area contributed by atoms with E-state index in [0.717, 1.165) is 74.1 Å². The van der Waals surface area contributed by atoms with E-state index in [2.05, 4.69) is 42.2 Å². The molecule has 8 nitrogen and oxygen atoms in total. The molecule has 5 rings (SSSR count). The molecular weight excluding hydrogens is 462 g/mol. The predicted molar refractivity (Wildman–Crippen MR) is 139 cm³/mol. The van der Waals surface area contributed by atoms with Gasteiger partial charge in [-0.05, 0) is 55.9 Å². The molecule has 2 fully saturated rings. The topological polar surface area (TPSA) is 87.1 Å². The third-order valence-corrected chi connectivity index (χ3v) is 7.17. The van der Waals surface area contributed by atoms with Crippen molar-refractivity contribution in [2.45, 2.75) is 32.6 Å². The molecule has 0 saturated carbocycles. The highest BCUT2D eigenvalue weighted by molar-refractivity contribution is 6.30. The second kappa shape index (κ2) is 10.6. The molecule has 35 heavy (non-hydrogen) atoms. The van der Waals surface area contributed by atoms with Crippen LogP contribution in [0.4, 0.5) is 17.5 Å². The molecule has 182 valence electrons. The summed E-state index contributed by atoms with van der Waals surface area (Å²) in [6.07, 6.45) is 5.61. The summed E-state index contributed by atoms with van der Waals surface area (Å²) < 4.78 is 0. The summed E-state index contributed by atoms with van der Waals surface area (Å²) in [5, 5.41) is 12.5. The van der Waals surface area contributed by atoms with Gasteiger partial charge in [-0.25, -0.2) is 9.97 Å². The molecule has 2 saturated heterocycles. The van der Waals surface area contributed by atoms with Crippen molar-refractivity contribution in [2.24, 2.45) is 11.8 Å². The lowest BCUT2D eigenvalue weighted by atomic mass is 9.97. The van der Waals surface area contributed by atoms with Gasteiger partial charge in [-0.2, -0.15) is 0 Å². The lowest BCUT2D eigenvalue weighted by Crippen LogP contribution is -2.41. The number of carbonyl (C=O) groups is 1. The SMILES string of the molecule is CC1CCN(c2cc(NC(=O)C3CCCN(c4ccc(-c5ccc(Cl)cc5)nn4)C3)ncn2)CC1. The monoisotopic (exact) mass is 491 g/mol. The summed E-state index contributed by atoms with van der Waals surface area (Å²) in [6, 6.07) is 13.3. The standard InChI is InChI=1S/C26H30ClN7O/c1-18-10-13-33(14-11-18)25-15-23(28-17-29-25)30-26(35)20-3-2-12-34(16-20)24-9-8-22(31-32-24)19-4-6-21(27)7-5-19/h4-9,15,17-18,20H,2-3,10-14,16H2,1H3,(H,28,29,30,35). The molecule has 2 aliphatic heterocycles. The average molecular weight is 492 g/mol. The first-order valence-corrected chi connectivity index (χ1v) is 12.7. The lowest BCUT2D eigenvalue weighted by Gasteiger charge is -2.32. The molecule has 9 heteroatoms. The zero-order valence-electron chi connectivity index (χ0n) is 19.9. The molecule has 4 heterocycles. The lowest BCUT2D eigenvalue weighted by molar-refractivity contribution is -0.120. The van der Waals surface area contributed by atoms with Gasteiger partial charge < -0.3 is 15.1 Å². The van der Waals surface area contributed by atoms with E-state index in [-0.39, 0.29) is 11.8 Å². The number of rotatable bonds is 5. The number of hydrogen-bond donors (Lipinski definition) is 1. The Bertz CT molecular complexity index is 1150. The van der Waals surface area contributed by atoms with Crippen molar-refractivity contribution in [3.63, 3.8) is 0 Å². The van der Waals surface area contributed by atoms with Gasteiger partial charge in [-0.1, -0.05) is 30.7 Å². The molecule has 3 aromatic rings. The molecule has 1 atom stereocenters. The Balaban J connectivity index is 1.21. The molecule has 1 amide bonds. The minimum Gasteiger partial charge on any atom is -0.356 e. The molecule has 1 aromatic carbocycles. The summed E-state index contributed by atoms with van der Waals surface area (Å²) >= 11 is 5.98. The Morgan fingerprint density at radius 1 is 0.943 bits per heavy atom. The van der Waals surface area contributed by atoms with Crippen LogP contribution in [0, 0.1) is 11.8 Å². The minimum atomic E-state index is -0.143. The number of nitrogens with one attached hydrogen (secondary N) is 1. The van der Waals surface area contributed by atoms with Crippen LogP contribution in [0.25, 0.3) is 11.3 Å². The molecule has 1 unspecified atom stereocenters. The Labute approximate surface area is 210 Å².